The molecule has 1 amide bonds. The second-order valence-electron chi connectivity index (χ2n) is 5.74. The smallest absolute Gasteiger partial charge is 0.235 e. The van der Waals surface area contributed by atoms with Gasteiger partial charge >= 0.3 is 0 Å². The van der Waals surface area contributed by atoms with Crippen molar-refractivity contribution in [3.05, 3.63) is 71.5 Å². The summed E-state index contributed by atoms with van der Waals surface area (Å²) in [7, 11) is -3.50. The number of hydrogen-bond donors (Lipinski definition) is 1. The first-order valence-corrected chi connectivity index (χ1v) is 9.69. The van der Waals surface area contributed by atoms with Crippen LogP contribution in [0.5, 0.6) is 0 Å². The molecule has 0 saturated heterocycles. The van der Waals surface area contributed by atoms with Gasteiger partial charge in [0.1, 0.15) is 5.82 Å². The molecule has 25 heavy (non-hydrogen) atoms. The van der Waals surface area contributed by atoms with Crippen LogP contribution in [0.1, 0.15) is 11.1 Å². The number of hydrogen-bond acceptors (Lipinski definition) is 3. The quantitative estimate of drug-likeness (QED) is 0.779. The van der Waals surface area contributed by atoms with Gasteiger partial charge in [-0.3, -0.25) is 4.79 Å². The normalized spacial score (nSPS) is 11.5. The van der Waals surface area contributed by atoms with Crippen LogP contribution in [-0.4, -0.2) is 38.0 Å². The third-order valence-corrected chi connectivity index (χ3v) is 4.93. The highest BCUT2D eigenvalue weighted by atomic mass is 32.2. The predicted octanol–water partition coefficient (Wildman–Crippen LogP) is 1.95. The number of nitrogens with zero attached hydrogens (tertiary/aromatic N) is 1. The van der Waals surface area contributed by atoms with Crippen LogP contribution < -0.4 is 5.32 Å². The zero-order valence-corrected chi connectivity index (χ0v) is 14.8. The number of halogens is 1. The highest BCUT2D eigenvalue weighted by Gasteiger charge is 2.19. The van der Waals surface area contributed by atoms with Crippen molar-refractivity contribution in [1.29, 1.82) is 0 Å². The first-order valence-electron chi connectivity index (χ1n) is 7.85. The van der Waals surface area contributed by atoms with E-state index in [1.807, 2.05) is 30.3 Å². The lowest BCUT2D eigenvalue weighted by Crippen LogP contribution is -2.41. The summed E-state index contributed by atoms with van der Waals surface area (Å²) in [6.45, 7) is 0.203. The second-order valence-corrected chi connectivity index (χ2v) is 7.72. The number of sulfonamides is 1. The summed E-state index contributed by atoms with van der Waals surface area (Å²) in [5.41, 5.74) is 1.74. The van der Waals surface area contributed by atoms with Crippen LogP contribution >= 0.6 is 0 Å². The van der Waals surface area contributed by atoms with Gasteiger partial charge in [0.05, 0.1) is 12.8 Å². The Kier molecular flexibility index (Phi) is 6.66. The maximum atomic E-state index is 12.9. The van der Waals surface area contributed by atoms with Gasteiger partial charge in [-0.25, -0.2) is 12.8 Å². The standard InChI is InChI=1S/C18H21FN2O3S/c1-25(23,24)21(12-11-15-5-3-2-4-6-15)14-18(22)20-13-16-7-9-17(19)10-8-16/h2-10H,11-14H2,1H3,(H,20,22). The predicted molar refractivity (Wildman–Crippen MR) is 94.8 cm³/mol. The summed E-state index contributed by atoms with van der Waals surface area (Å²) in [4.78, 5) is 12.1. The molecule has 0 aromatic heterocycles. The number of amides is 1. The molecule has 2 aromatic rings. The lowest BCUT2D eigenvalue weighted by molar-refractivity contribution is -0.121. The van der Waals surface area contributed by atoms with Crippen molar-refractivity contribution in [2.24, 2.45) is 0 Å². The van der Waals surface area contributed by atoms with Crippen molar-refractivity contribution >= 4 is 15.9 Å². The van der Waals surface area contributed by atoms with Gasteiger partial charge in [0.15, 0.2) is 0 Å². The molecule has 1 N–H and O–H groups in total. The topological polar surface area (TPSA) is 66.5 Å². The number of carbonyl (C=O) groups is 1. The van der Waals surface area contributed by atoms with E-state index in [1.165, 1.54) is 12.1 Å². The van der Waals surface area contributed by atoms with E-state index in [4.69, 9.17) is 0 Å². The van der Waals surface area contributed by atoms with Crippen molar-refractivity contribution in [1.82, 2.24) is 9.62 Å². The van der Waals surface area contributed by atoms with Gasteiger partial charge in [-0.15, -0.1) is 0 Å². The Bertz CT molecular complexity index is 793. The van der Waals surface area contributed by atoms with E-state index in [9.17, 15) is 17.6 Å². The van der Waals surface area contributed by atoms with Crippen molar-refractivity contribution in [3.63, 3.8) is 0 Å². The van der Waals surface area contributed by atoms with Crippen molar-refractivity contribution in [2.45, 2.75) is 13.0 Å². The van der Waals surface area contributed by atoms with Crippen molar-refractivity contribution in [3.8, 4) is 0 Å². The zero-order valence-electron chi connectivity index (χ0n) is 14.0. The average Bonchev–Trinajstić information content (AvgIpc) is 2.58. The van der Waals surface area contributed by atoms with Gasteiger partial charge in [0.25, 0.3) is 0 Å². The van der Waals surface area contributed by atoms with Crippen LogP contribution in [0.4, 0.5) is 4.39 Å². The Hall–Kier alpha value is -2.25. The third-order valence-electron chi connectivity index (χ3n) is 3.68. The fraction of sp³-hybridized carbons (Fsp3) is 0.278. The van der Waals surface area contributed by atoms with Gasteiger partial charge in [-0.2, -0.15) is 4.31 Å². The SMILES string of the molecule is CS(=O)(=O)N(CCc1ccccc1)CC(=O)NCc1ccc(F)cc1. The Morgan fingerprint density at radius 3 is 2.28 bits per heavy atom. The Morgan fingerprint density at radius 1 is 1.04 bits per heavy atom. The summed E-state index contributed by atoms with van der Waals surface area (Å²) >= 11 is 0. The Balaban J connectivity index is 1.90. The molecule has 5 nitrogen and oxygen atoms in total. The van der Waals surface area contributed by atoms with E-state index >= 15 is 0 Å². The lowest BCUT2D eigenvalue weighted by Gasteiger charge is -2.19. The molecule has 0 radical (unpaired) electrons. The largest absolute Gasteiger partial charge is 0.351 e. The number of rotatable bonds is 8. The van der Waals surface area contributed by atoms with Crippen molar-refractivity contribution < 1.29 is 17.6 Å². The molecular weight excluding hydrogens is 343 g/mol. The summed E-state index contributed by atoms with van der Waals surface area (Å²) < 4.78 is 37.8. The fourth-order valence-electron chi connectivity index (χ4n) is 2.28. The maximum Gasteiger partial charge on any atom is 0.235 e. The first kappa shape index (κ1) is 19.1. The molecule has 0 heterocycles. The molecule has 0 fully saturated rings. The van der Waals surface area contributed by atoms with Gasteiger partial charge in [0.2, 0.25) is 15.9 Å². The molecule has 2 rings (SSSR count). The summed E-state index contributed by atoms with van der Waals surface area (Å²) in [6, 6.07) is 15.2. The number of nitrogens with one attached hydrogen (secondary N) is 1. The summed E-state index contributed by atoms with van der Waals surface area (Å²) in [5, 5.41) is 2.65. The summed E-state index contributed by atoms with van der Waals surface area (Å²) in [5.74, 6) is -0.748. The monoisotopic (exact) mass is 364 g/mol. The molecule has 0 saturated carbocycles. The molecule has 0 unspecified atom stereocenters. The van der Waals surface area contributed by atoms with Crippen LogP contribution in [-0.2, 0) is 27.8 Å². The minimum atomic E-state index is -3.50. The molecule has 0 atom stereocenters. The molecule has 0 aliphatic carbocycles. The number of carbonyl (C=O) groups excluding carboxylic acids is 1. The lowest BCUT2D eigenvalue weighted by atomic mass is 10.1. The van der Waals surface area contributed by atoms with Crippen LogP contribution in [0.2, 0.25) is 0 Å². The average molecular weight is 364 g/mol. The first-order chi connectivity index (χ1) is 11.8. The molecule has 7 heteroatoms. The van der Waals surface area contributed by atoms with E-state index in [1.54, 1.807) is 12.1 Å². The molecule has 0 spiro atoms. The highest BCUT2D eigenvalue weighted by molar-refractivity contribution is 7.88. The van der Waals surface area contributed by atoms with Crippen molar-refractivity contribution in [2.75, 3.05) is 19.3 Å². The number of benzene rings is 2. The van der Waals surface area contributed by atoms with E-state index in [-0.39, 0.29) is 25.5 Å². The van der Waals surface area contributed by atoms with E-state index in [0.29, 0.717) is 6.42 Å². The third kappa shape index (κ3) is 6.64. The van der Waals surface area contributed by atoms with E-state index in [2.05, 4.69) is 5.32 Å². The van der Waals surface area contributed by atoms with E-state index < -0.39 is 15.9 Å². The van der Waals surface area contributed by atoms with Gasteiger partial charge in [-0.05, 0) is 29.7 Å². The van der Waals surface area contributed by atoms with Crippen LogP contribution in [0.3, 0.4) is 0 Å². The fourth-order valence-corrected chi connectivity index (χ4v) is 3.05. The van der Waals surface area contributed by atoms with Crippen LogP contribution in [0.25, 0.3) is 0 Å². The zero-order chi connectivity index (χ0) is 18.3. The van der Waals surface area contributed by atoms with Gasteiger partial charge in [0, 0.05) is 13.1 Å². The van der Waals surface area contributed by atoms with Gasteiger partial charge < -0.3 is 5.32 Å². The minimum absolute atomic E-state index is 0.218. The van der Waals surface area contributed by atoms with Crippen LogP contribution in [0, 0.1) is 5.82 Å². The Morgan fingerprint density at radius 2 is 1.68 bits per heavy atom. The van der Waals surface area contributed by atoms with Crippen LogP contribution in [0.15, 0.2) is 54.6 Å². The maximum absolute atomic E-state index is 12.9. The molecule has 134 valence electrons. The molecule has 2 aromatic carbocycles. The van der Waals surface area contributed by atoms with Gasteiger partial charge in [-0.1, -0.05) is 42.5 Å². The minimum Gasteiger partial charge on any atom is -0.351 e. The molecule has 0 aliphatic heterocycles. The Labute approximate surface area is 147 Å². The van der Waals surface area contributed by atoms with E-state index in [0.717, 1.165) is 21.7 Å². The molecule has 0 aliphatic rings. The molecule has 0 bridgehead atoms. The summed E-state index contributed by atoms with van der Waals surface area (Å²) in [6.07, 6.45) is 1.62. The molecular formula is C18H21FN2O3S. The highest BCUT2D eigenvalue weighted by Crippen LogP contribution is 2.05. The second kappa shape index (κ2) is 8.73.